The highest BCUT2D eigenvalue weighted by molar-refractivity contribution is 5.83. The maximum Gasteiger partial charge on any atom is 0.270 e. The first-order valence-electron chi connectivity index (χ1n) is 6.70. The quantitative estimate of drug-likeness (QED) is 0.624. The normalized spacial score (nSPS) is 11.5. The fraction of sp³-hybridized carbons (Fsp3) is 0.188. The lowest BCUT2D eigenvalue weighted by atomic mass is 10.3. The molecular formula is C16H17N3O2. The molecule has 0 aliphatic carbocycles. The Morgan fingerprint density at radius 2 is 2.10 bits per heavy atom. The van der Waals surface area contributed by atoms with Gasteiger partial charge >= 0.3 is 0 Å². The molecule has 2 heterocycles. The second kappa shape index (κ2) is 6.65. The van der Waals surface area contributed by atoms with E-state index in [0.29, 0.717) is 24.3 Å². The smallest absolute Gasteiger partial charge is 0.270 e. The van der Waals surface area contributed by atoms with Gasteiger partial charge in [0.1, 0.15) is 11.2 Å². The Hall–Kier alpha value is -2.69. The molecule has 0 aromatic carbocycles. The Morgan fingerprint density at radius 3 is 2.76 bits per heavy atom. The van der Waals surface area contributed by atoms with Gasteiger partial charge in [-0.3, -0.25) is 14.0 Å². The number of anilines is 1. The molecule has 0 N–H and O–H groups in total. The van der Waals surface area contributed by atoms with Crippen molar-refractivity contribution in [1.29, 1.82) is 0 Å². The lowest BCUT2D eigenvalue weighted by Crippen LogP contribution is -2.27. The van der Waals surface area contributed by atoms with Crippen molar-refractivity contribution in [3.63, 3.8) is 0 Å². The number of fused-ring (bicyclic) bond motifs is 1. The van der Waals surface area contributed by atoms with Crippen molar-refractivity contribution in [2.75, 3.05) is 11.4 Å². The average molecular weight is 283 g/mol. The predicted octanol–water partition coefficient (Wildman–Crippen LogP) is 2.42. The van der Waals surface area contributed by atoms with Gasteiger partial charge in [0.05, 0.1) is 0 Å². The van der Waals surface area contributed by atoms with E-state index < -0.39 is 0 Å². The van der Waals surface area contributed by atoms with Crippen LogP contribution in [-0.2, 0) is 0 Å². The van der Waals surface area contributed by atoms with Gasteiger partial charge in [-0.25, -0.2) is 4.98 Å². The number of allylic oxidation sites excluding steroid dienone is 2. The Kier molecular flexibility index (Phi) is 4.66. The number of aldehydes is 1. The Labute approximate surface area is 122 Å². The first-order chi connectivity index (χ1) is 10.2. The average Bonchev–Trinajstić information content (AvgIpc) is 2.51. The van der Waals surface area contributed by atoms with Crippen LogP contribution in [0.1, 0.15) is 24.2 Å². The van der Waals surface area contributed by atoms with Gasteiger partial charge in [0.15, 0.2) is 12.1 Å². The maximum absolute atomic E-state index is 12.4. The van der Waals surface area contributed by atoms with Crippen LogP contribution in [0.4, 0.5) is 5.82 Å². The molecule has 21 heavy (non-hydrogen) atoms. The Bertz CT molecular complexity index is 760. The van der Waals surface area contributed by atoms with E-state index in [1.165, 1.54) is 4.40 Å². The zero-order chi connectivity index (χ0) is 15.2. The summed E-state index contributed by atoms with van der Waals surface area (Å²) in [4.78, 5) is 30.0. The summed E-state index contributed by atoms with van der Waals surface area (Å²) in [5, 5.41) is 0. The van der Waals surface area contributed by atoms with Gasteiger partial charge in [-0.05, 0) is 26.0 Å². The summed E-state index contributed by atoms with van der Waals surface area (Å²) in [5.41, 5.74) is 0.208. The van der Waals surface area contributed by atoms with Gasteiger partial charge in [0, 0.05) is 18.9 Å². The van der Waals surface area contributed by atoms with Crippen molar-refractivity contribution in [2.45, 2.75) is 13.8 Å². The molecule has 0 spiro atoms. The van der Waals surface area contributed by atoms with Crippen molar-refractivity contribution in [3.05, 3.63) is 64.7 Å². The molecule has 0 unspecified atom stereocenters. The highest BCUT2D eigenvalue weighted by atomic mass is 16.1. The van der Waals surface area contributed by atoms with E-state index in [2.05, 4.69) is 4.98 Å². The third-order valence-corrected chi connectivity index (χ3v) is 3.01. The first-order valence-corrected chi connectivity index (χ1v) is 6.70. The molecule has 0 radical (unpaired) electrons. The van der Waals surface area contributed by atoms with E-state index in [1.807, 2.05) is 32.1 Å². The molecule has 5 heteroatoms. The molecule has 0 bridgehead atoms. The Balaban J connectivity index is 2.70. The zero-order valence-electron chi connectivity index (χ0n) is 12.1. The number of hydrogen-bond acceptors (Lipinski definition) is 4. The van der Waals surface area contributed by atoms with E-state index in [4.69, 9.17) is 0 Å². The van der Waals surface area contributed by atoms with Crippen LogP contribution in [-0.4, -0.2) is 22.2 Å². The molecule has 0 atom stereocenters. The standard InChI is InChI=1S/C16H17N3O2/c1-3-5-10-18(9-4-2)15-13(12-20)16(21)19-11-7-6-8-14(19)17-15/h3-9,11-12H,10H2,1-2H3/b5-3+,9-4?. The van der Waals surface area contributed by atoms with Crippen LogP contribution in [0.3, 0.4) is 0 Å². The zero-order valence-corrected chi connectivity index (χ0v) is 12.1. The predicted molar refractivity (Wildman–Crippen MR) is 83.8 cm³/mol. The molecule has 0 aliphatic heterocycles. The molecule has 0 amide bonds. The molecule has 2 aromatic heterocycles. The van der Waals surface area contributed by atoms with Gasteiger partial charge in [-0.1, -0.05) is 24.3 Å². The van der Waals surface area contributed by atoms with Gasteiger partial charge < -0.3 is 4.90 Å². The summed E-state index contributed by atoms with van der Waals surface area (Å²) >= 11 is 0. The molecule has 0 aliphatic rings. The van der Waals surface area contributed by atoms with Crippen molar-refractivity contribution in [1.82, 2.24) is 9.38 Å². The molecule has 2 rings (SSSR count). The van der Waals surface area contributed by atoms with E-state index in [9.17, 15) is 9.59 Å². The minimum absolute atomic E-state index is 0.0568. The van der Waals surface area contributed by atoms with Crippen molar-refractivity contribution in [2.24, 2.45) is 0 Å². The van der Waals surface area contributed by atoms with Crippen LogP contribution in [0, 0.1) is 0 Å². The van der Waals surface area contributed by atoms with Crippen molar-refractivity contribution >= 4 is 17.8 Å². The number of rotatable bonds is 5. The van der Waals surface area contributed by atoms with Crippen LogP contribution in [0.15, 0.2) is 53.6 Å². The monoisotopic (exact) mass is 283 g/mol. The number of nitrogens with zero attached hydrogens (tertiary/aromatic N) is 3. The minimum atomic E-state index is -0.361. The minimum Gasteiger partial charge on any atom is -0.329 e. The summed E-state index contributed by atoms with van der Waals surface area (Å²) in [6.07, 6.45) is 9.65. The van der Waals surface area contributed by atoms with Crippen molar-refractivity contribution < 1.29 is 4.79 Å². The first kappa shape index (κ1) is 14.7. The fourth-order valence-corrected chi connectivity index (χ4v) is 2.03. The van der Waals surface area contributed by atoms with Crippen LogP contribution in [0.5, 0.6) is 0 Å². The van der Waals surface area contributed by atoms with E-state index in [1.54, 1.807) is 35.5 Å². The van der Waals surface area contributed by atoms with Gasteiger partial charge in [0.2, 0.25) is 0 Å². The fourth-order valence-electron chi connectivity index (χ4n) is 2.03. The number of pyridine rings is 1. The number of aromatic nitrogens is 2. The third-order valence-electron chi connectivity index (χ3n) is 3.01. The van der Waals surface area contributed by atoms with Gasteiger partial charge in [-0.2, -0.15) is 0 Å². The molecule has 108 valence electrons. The summed E-state index contributed by atoms with van der Waals surface area (Å²) in [6.45, 7) is 4.32. The van der Waals surface area contributed by atoms with Crippen molar-refractivity contribution in [3.8, 4) is 0 Å². The number of carbonyl (C=O) groups is 1. The van der Waals surface area contributed by atoms with Crippen LogP contribution < -0.4 is 10.5 Å². The molecular weight excluding hydrogens is 266 g/mol. The SMILES string of the molecule is CC=CN(C/C=C/C)c1nc2ccccn2c(=O)c1C=O. The molecule has 2 aromatic rings. The topological polar surface area (TPSA) is 54.7 Å². The van der Waals surface area contributed by atoms with Gasteiger partial charge in [-0.15, -0.1) is 0 Å². The highest BCUT2D eigenvalue weighted by Crippen LogP contribution is 2.15. The summed E-state index contributed by atoms with van der Waals surface area (Å²) < 4.78 is 1.37. The summed E-state index contributed by atoms with van der Waals surface area (Å²) in [6, 6.07) is 5.27. The van der Waals surface area contributed by atoms with Crippen LogP contribution in [0.2, 0.25) is 0 Å². The molecule has 5 nitrogen and oxygen atoms in total. The third kappa shape index (κ3) is 2.91. The number of hydrogen-bond donors (Lipinski definition) is 0. The molecule has 0 saturated carbocycles. The van der Waals surface area contributed by atoms with E-state index in [0.717, 1.165) is 0 Å². The summed E-state index contributed by atoms with van der Waals surface area (Å²) in [5.74, 6) is 0.373. The van der Waals surface area contributed by atoms with Gasteiger partial charge in [0.25, 0.3) is 5.56 Å². The lowest BCUT2D eigenvalue weighted by Gasteiger charge is -2.19. The lowest BCUT2D eigenvalue weighted by molar-refractivity contribution is 0.112. The highest BCUT2D eigenvalue weighted by Gasteiger charge is 2.15. The summed E-state index contributed by atoms with van der Waals surface area (Å²) in [7, 11) is 0. The number of carbonyl (C=O) groups excluding carboxylic acids is 1. The molecule has 0 fully saturated rings. The second-order valence-electron chi connectivity index (χ2n) is 4.40. The van der Waals surface area contributed by atoms with Crippen LogP contribution >= 0.6 is 0 Å². The largest absolute Gasteiger partial charge is 0.329 e. The van der Waals surface area contributed by atoms with E-state index >= 15 is 0 Å². The maximum atomic E-state index is 12.4. The van der Waals surface area contributed by atoms with E-state index in [-0.39, 0.29) is 11.1 Å². The van der Waals surface area contributed by atoms with Crippen LogP contribution in [0.25, 0.3) is 5.65 Å². The second-order valence-corrected chi connectivity index (χ2v) is 4.40. The molecule has 0 saturated heterocycles. The Morgan fingerprint density at radius 1 is 1.29 bits per heavy atom.